The highest BCUT2D eigenvalue weighted by Crippen LogP contribution is 2.51. The summed E-state index contributed by atoms with van der Waals surface area (Å²) in [7, 11) is 0. The van der Waals surface area contributed by atoms with Gasteiger partial charge in [-0.2, -0.15) is 0 Å². The summed E-state index contributed by atoms with van der Waals surface area (Å²) in [5.74, 6) is 0. The van der Waals surface area contributed by atoms with Crippen LogP contribution < -0.4 is 0 Å². The van der Waals surface area contributed by atoms with Gasteiger partial charge in [0.1, 0.15) is 0 Å². The molecule has 4 heteroatoms. The van der Waals surface area contributed by atoms with Gasteiger partial charge in [-0.05, 0) is 36.8 Å². The summed E-state index contributed by atoms with van der Waals surface area (Å²) in [6.45, 7) is 23.8. The Morgan fingerprint density at radius 3 is 0.842 bits per heavy atom. The lowest BCUT2D eigenvalue weighted by atomic mass is 10.00. The number of unbranched alkanes of at least 4 members (excludes halogenated alkanes) is 10. The number of thioether (sulfide) groups is 4. The van der Waals surface area contributed by atoms with E-state index in [1.54, 1.807) is 30.7 Å². The van der Waals surface area contributed by atoms with Gasteiger partial charge in [0.15, 0.2) is 0 Å². The van der Waals surface area contributed by atoms with E-state index in [2.05, 4.69) is 116 Å². The second-order valence-corrected chi connectivity index (χ2v) is 18.3. The molecule has 0 N–H and O–H groups in total. The maximum Gasteiger partial charge on any atom is 0.0258 e. The number of hydrogen-bond acceptors (Lipinski definition) is 4. The minimum atomic E-state index is 0.604. The van der Waals surface area contributed by atoms with Gasteiger partial charge < -0.3 is 0 Å². The van der Waals surface area contributed by atoms with Gasteiger partial charge in [0.05, 0.1) is 0 Å². The average Bonchev–Trinajstić information content (AvgIpc) is 2.82. The highest BCUT2D eigenvalue weighted by atomic mass is 32.2. The van der Waals surface area contributed by atoms with E-state index in [1.807, 2.05) is 0 Å². The van der Waals surface area contributed by atoms with Crippen molar-refractivity contribution in [3.05, 3.63) is 11.1 Å². The maximum absolute atomic E-state index is 2.39. The van der Waals surface area contributed by atoms with Gasteiger partial charge >= 0.3 is 0 Å². The second kappa shape index (κ2) is 21.3. The fraction of sp³-hybridized carbons (Fsp3) is 0.824. The third-order valence-corrected chi connectivity index (χ3v) is 11.4. The Kier molecular flexibility index (Phi) is 20.6. The molecule has 0 nitrogen and oxygen atoms in total. The number of benzene rings is 1. The van der Waals surface area contributed by atoms with Crippen molar-refractivity contribution >= 4 is 47.0 Å². The van der Waals surface area contributed by atoms with E-state index in [0.29, 0.717) is 21.0 Å². The third-order valence-electron chi connectivity index (χ3n) is 6.48. The SMILES string of the molecule is CCCCCCCCc1c(SC(C)C)c(SC(C)C)c(CCCCCCCC)c(SC(C)C)c1SC(C)C. The van der Waals surface area contributed by atoms with Crippen molar-refractivity contribution in [1.29, 1.82) is 0 Å². The molecule has 38 heavy (non-hydrogen) atoms. The van der Waals surface area contributed by atoms with Gasteiger partial charge in [0, 0.05) is 40.6 Å². The summed E-state index contributed by atoms with van der Waals surface area (Å²) in [6, 6.07) is 0. The molecule has 0 radical (unpaired) electrons. The molecule has 0 heterocycles. The molecule has 1 rings (SSSR count). The van der Waals surface area contributed by atoms with E-state index in [4.69, 9.17) is 0 Å². The predicted octanol–water partition coefficient (Wildman–Crippen LogP) is 13.5. The van der Waals surface area contributed by atoms with Crippen LogP contribution >= 0.6 is 47.0 Å². The van der Waals surface area contributed by atoms with Crippen molar-refractivity contribution in [2.45, 2.75) is 200 Å². The van der Waals surface area contributed by atoms with Crippen LogP contribution in [0.25, 0.3) is 0 Å². The molecular formula is C34H62S4. The van der Waals surface area contributed by atoms with E-state index in [-0.39, 0.29) is 0 Å². The summed E-state index contributed by atoms with van der Waals surface area (Å²) < 4.78 is 0. The summed E-state index contributed by atoms with van der Waals surface area (Å²) in [5.41, 5.74) is 3.38. The van der Waals surface area contributed by atoms with Crippen molar-refractivity contribution in [3.8, 4) is 0 Å². The molecule has 0 aliphatic heterocycles. The molecule has 0 saturated carbocycles. The maximum atomic E-state index is 2.39. The molecule has 0 unspecified atom stereocenters. The van der Waals surface area contributed by atoms with Crippen LogP contribution in [-0.2, 0) is 12.8 Å². The van der Waals surface area contributed by atoms with E-state index < -0.39 is 0 Å². The zero-order valence-electron chi connectivity index (χ0n) is 26.8. The Hall–Kier alpha value is 0.620. The van der Waals surface area contributed by atoms with Gasteiger partial charge in [-0.3, -0.25) is 0 Å². The fourth-order valence-electron chi connectivity index (χ4n) is 4.81. The Balaban J connectivity index is 3.63. The van der Waals surface area contributed by atoms with Gasteiger partial charge in [-0.1, -0.05) is 133 Å². The van der Waals surface area contributed by atoms with Crippen molar-refractivity contribution in [1.82, 2.24) is 0 Å². The van der Waals surface area contributed by atoms with Crippen molar-refractivity contribution < 1.29 is 0 Å². The van der Waals surface area contributed by atoms with E-state index in [9.17, 15) is 0 Å². The van der Waals surface area contributed by atoms with Gasteiger partial charge in [0.2, 0.25) is 0 Å². The van der Waals surface area contributed by atoms with E-state index >= 15 is 0 Å². The quantitative estimate of drug-likeness (QED) is 0.0961. The van der Waals surface area contributed by atoms with Crippen molar-refractivity contribution in [3.63, 3.8) is 0 Å². The van der Waals surface area contributed by atoms with Crippen LogP contribution in [0.1, 0.15) is 157 Å². The van der Waals surface area contributed by atoms with Crippen LogP contribution in [0.5, 0.6) is 0 Å². The minimum absolute atomic E-state index is 0.604. The van der Waals surface area contributed by atoms with Crippen molar-refractivity contribution in [2.75, 3.05) is 0 Å². The molecule has 1 aromatic carbocycles. The first-order chi connectivity index (χ1) is 18.1. The zero-order chi connectivity index (χ0) is 28.5. The smallest absolute Gasteiger partial charge is 0.0258 e. The normalized spacial score (nSPS) is 12.2. The Morgan fingerprint density at radius 1 is 0.368 bits per heavy atom. The standard InChI is InChI=1S/C34H62S4/c1-11-13-15-17-19-21-23-29-31(35-25(3)4)33(37-27(7)8)30(24-22-20-18-16-14-12-2)34(38-28(9)10)32(29)36-26(5)6/h25-28H,11-24H2,1-10H3. The highest BCUT2D eigenvalue weighted by Gasteiger charge is 2.27. The van der Waals surface area contributed by atoms with Crippen LogP contribution in [0.4, 0.5) is 0 Å². The lowest BCUT2D eigenvalue weighted by molar-refractivity contribution is 0.596. The van der Waals surface area contributed by atoms with Gasteiger partial charge in [-0.15, -0.1) is 47.0 Å². The van der Waals surface area contributed by atoms with Gasteiger partial charge in [-0.25, -0.2) is 0 Å². The van der Waals surface area contributed by atoms with Crippen LogP contribution in [0.3, 0.4) is 0 Å². The summed E-state index contributed by atoms with van der Waals surface area (Å²) in [5, 5.41) is 2.42. The average molecular weight is 599 g/mol. The summed E-state index contributed by atoms with van der Waals surface area (Å²) >= 11 is 8.62. The molecule has 1 aromatic rings. The predicted molar refractivity (Wildman–Crippen MR) is 185 cm³/mol. The first-order valence-corrected chi connectivity index (χ1v) is 19.5. The number of hydrogen-bond donors (Lipinski definition) is 0. The van der Waals surface area contributed by atoms with Crippen LogP contribution in [0.2, 0.25) is 0 Å². The molecule has 0 bridgehead atoms. The third kappa shape index (κ3) is 14.5. The largest absolute Gasteiger partial charge is 0.122 e. The lowest BCUT2D eigenvalue weighted by Crippen LogP contribution is -2.09. The van der Waals surface area contributed by atoms with E-state index in [1.165, 1.54) is 89.9 Å². The Labute approximate surface area is 256 Å². The molecule has 0 fully saturated rings. The molecular weight excluding hydrogens is 537 g/mol. The van der Waals surface area contributed by atoms with Crippen LogP contribution in [-0.4, -0.2) is 21.0 Å². The zero-order valence-corrected chi connectivity index (χ0v) is 30.1. The fourth-order valence-corrected chi connectivity index (χ4v) is 9.71. The van der Waals surface area contributed by atoms with Crippen LogP contribution in [0.15, 0.2) is 19.6 Å². The van der Waals surface area contributed by atoms with Gasteiger partial charge in [0.25, 0.3) is 0 Å². The summed E-state index contributed by atoms with van der Waals surface area (Å²) in [4.78, 5) is 6.57. The first kappa shape index (κ1) is 36.6. The Morgan fingerprint density at radius 2 is 0.605 bits per heavy atom. The monoisotopic (exact) mass is 598 g/mol. The minimum Gasteiger partial charge on any atom is -0.122 e. The summed E-state index contributed by atoms with van der Waals surface area (Å²) in [6.07, 6.45) is 18.9. The van der Waals surface area contributed by atoms with Crippen molar-refractivity contribution in [2.24, 2.45) is 0 Å². The topological polar surface area (TPSA) is 0 Å². The highest BCUT2D eigenvalue weighted by molar-refractivity contribution is 8.04. The molecule has 0 saturated heterocycles. The first-order valence-electron chi connectivity index (χ1n) is 16.0. The molecule has 0 aromatic heterocycles. The second-order valence-electron chi connectivity index (χ2n) is 12.0. The molecule has 222 valence electrons. The Bertz CT molecular complexity index is 643. The number of rotatable bonds is 22. The van der Waals surface area contributed by atoms with Crippen LogP contribution in [0, 0.1) is 0 Å². The molecule has 0 spiro atoms. The molecule has 0 atom stereocenters. The molecule has 0 aliphatic rings. The van der Waals surface area contributed by atoms with E-state index in [0.717, 1.165) is 0 Å². The lowest BCUT2D eigenvalue weighted by Gasteiger charge is -2.28. The molecule has 0 aliphatic carbocycles. The molecule has 0 amide bonds.